The molecule has 0 fully saturated rings. The van der Waals surface area contributed by atoms with E-state index >= 15 is 0 Å². The number of rotatable bonds is 5. The molecule has 1 aromatic carbocycles. The molecule has 0 spiro atoms. The maximum atomic E-state index is 6.01. The van der Waals surface area contributed by atoms with Crippen molar-refractivity contribution >= 4 is 17.0 Å². The molecule has 0 bridgehead atoms. The largest absolute Gasteiger partial charge is 0.398 e. The Kier molecular flexibility index (Phi) is 4.33. The van der Waals surface area contributed by atoms with Crippen molar-refractivity contribution in [3.05, 3.63) is 46.4 Å². The van der Waals surface area contributed by atoms with Crippen LogP contribution in [0.15, 0.2) is 36.0 Å². The van der Waals surface area contributed by atoms with Gasteiger partial charge >= 0.3 is 0 Å². The van der Waals surface area contributed by atoms with Gasteiger partial charge in [-0.25, -0.2) is 0 Å². The minimum absolute atomic E-state index is 0.478. The highest BCUT2D eigenvalue weighted by atomic mass is 32.1. The molecule has 0 amide bonds. The molecular formula is C14H19N3S. The summed E-state index contributed by atoms with van der Waals surface area (Å²) in [6, 6.07) is 8.54. The fourth-order valence-corrected chi connectivity index (χ4v) is 2.46. The second-order valence-electron chi connectivity index (χ2n) is 4.67. The molecule has 0 unspecified atom stereocenters. The molecule has 1 aromatic heterocycles. The van der Waals surface area contributed by atoms with Gasteiger partial charge in [0.25, 0.3) is 0 Å². The molecule has 3 nitrogen and oxygen atoms in total. The minimum atomic E-state index is 0.478. The number of para-hydroxylation sites is 1. The molecule has 0 aliphatic heterocycles. The molecule has 4 heteroatoms. The van der Waals surface area contributed by atoms with Crippen LogP contribution in [0.25, 0.3) is 0 Å². The first-order valence-corrected chi connectivity index (χ1v) is 6.99. The van der Waals surface area contributed by atoms with Crippen LogP contribution in [-0.2, 0) is 13.1 Å². The monoisotopic (exact) mass is 261 g/mol. The van der Waals surface area contributed by atoms with Crippen LogP contribution in [0, 0.1) is 0 Å². The van der Waals surface area contributed by atoms with Crippen molar-refractivity contribution in [1.82, 2.24) is 9.88 Å². The van der Waals surface area contributed by atoms with E-state index in [9.17, 15) is 0 Å². The summed E-state index contributed by atoms with van der Waals surface area (Å²) in [5.74, 6) is 0. The van der Waals surface area contributed by atoms with Crippen molar-refractivity contribution in [1.29, 1.82) is 0 Å². The maximum Gasteiger partial charge on any atom is 0.0794 e. The van der Waals surface area contributed by atoms with Crippen molar-refractivity contribution in [2.45, 2.75) is 33.0 Å². The number of nitrogens with zero attached hydrogens (tertiary/aromatic N) is 2. The normalized spacial score (nSPS) is 11.3. The van der Waals surface area contributed by atoms with Gasteiger partial charge in [-0.15, -0.1) is 11.3 Å². The van der Waals surface area contributed by atoms with E-state index < -0.39 is 0 Å². The van der Waals surface area contributed by atoms with Crippen LogP contribution in [0.3, 0.4) is 0 Å². The molecule has 0 atom stereocenters. The second kappa shape index (κ2) is 5.98. The number of thiazole rings is 1. The summed E-state index contributed by atoms with van der Waals surface area (Å²) in [6.45, 7) is 6.22. The molecule has 2 N–H and O–H groups in total. The fraction of sp³-hybridized carbons (Fsp3) is 0.357. The lowest BCUT2D eigenvalue weighted by Gasteiger charge is -2.26. The van der Waals surface area contributed by atoms with Crippen molar-refractivity contribution in [3.8, 4) is 0 Å². The fourth-order valence-electron chi connectivity index (χ4n) is 1.84. The van der Waals surface area contributed by atoms with Gasteiger partial charge in [0.05, 0.1) is 5.51 Å². The van der Waals surface area contributed by atoms with Crippen LogP contribution in [0.1, 0.15) is 24.3 Å². The predicted molar refractivity (Wildman–Crippen MR) is 77.4 cm³/mol. The van der Waals surface area contributed by atoms with Crippen LogP contribution in [0.4, 0.5) is 5.69 Å². The number of hydrogen-bond donors (Lipinski definition) is 1. The van der Waals surface area contributed by atoms with Gasteiger partial charge in [0, 0.05) is 35.9 Å². The third-order valence-electron chi connectivity index (χ3n) is 3.00. The molecule has 2 aromatic rings. The Labute approximate surface area is 112 Å². The number of nitrogen functional groups attached to an aromatic ring is 1. The summed E-state index contributed by atoms with van der Waals surface area (Å²) >= 11 is 1.70. The van der Waals surface area contributed by atoms with E-state index in [2.05, 4.69) is 29.8 Å². The maximum absolute atomic E-state index is 6.01. The number of hydrogen-bond acceptors (Lipinski definition) is 4. The molecule has 18 heavy (non-hydrogen) atoms. The molecule has 96 valence electrons. The lowest BCUT2D eigenvalue weighted by atomic mass is 10.1. The van der Waals surface area contributed by atoms with Crippen molar-refractivity contribution in [2.24, 2.45) is 0 Å². The number of anilines is 1. The highest BCUT2D eigenvalue weighted by molar-refractivity contribution is 7.09. The number of nitrogens with two attached hydrogens (primary N) is 1. The van der Waals surface area contributed by atoms with Gasteiger partial charge in [-0.2, -0.15) is 0 Å². The topological polar surface area (TPSA) is 42.2 Å². The molecular weight excluding hydrogens is 242 g/mol. The highest BCUT2D eigenvalue weighted by Crippen LogP contribution is 2.18. The van der Waals surface area contributed by atoms with E-state index in [0.717, 1.165) is 18.8 Å². The molecule has 0 radical (unpaired) electrons. The first-order valence-electron chi connectivity index (χ1n) is 6.11. The van der Waals surface area contributed by atoms with Crippen LogP contribution < -0.4 is 5.73 Å². The van der Waals surface area contributed by atoms with Gasteiger partial charge in [-0.05, 0) is 25.5 Å². The van der Waals surface area contributed by atoms with Gasteiger partial charge in [-0.1, -0.05) is 18.2 Å². The van der Waals surface area contributed by atoms with Gasteiger partial charge in [-0.3, -0.25) is 9.88 Å². The Bertz CT molecular complexity index is 480. The summed E-state index contributed by atoms with van der Waals surface area (Å²) in [5, 5.41) is 0. The summed E-state index contributed by atoms with van der Waals surface area (Å²) in [4.78, 5) is 7.82. The van der Waals surface area contributed by atoms with E-state index in [-0.39, 0.29) is 0 Å². The number of aromatic nitrogens is 1. The Morgan fingerprint density at radius 2 is 2.06 bits per heavy atom. The second-order valence-corrected chi connectivity index (χ2v) is 5.64. The predicted octanol–water partition coefficient (Wildman–Crippen LogP) is 3.14. The average Bonchev–Trinajstić information content (AvgIpc) is 2.83. The lowest BCUT2D eigenvalue weighted by Crippen LogP contribution is -2.29. The van der Waals surface area contributed by atoms with Gasteiger partial charge < -0.3 is 5.73 Å². The van der Waals surface area contributed by atoms with E-state index in [1.54, 1.807) is 11.3 Å². The molecule has 0 saturated carbocycles. The minimum Gasteiger partial charge on any atom is -0.398 e. The van der Waals surface area contributed by atoms with E-state index in [1.165, 1.54) is 10.4 Å². The zero-order valence-corrected chi connectivity index (χ0v) is 11.7. The lowest BCUT2D eigenvalue weighted by molar-refractivity contribution is 0.206. The zero-order valence-electron chi connectivity index (χ0n) is 10.8. The first-order chi connectivity index (χ1) is 8.66. The summed E-state index contributed by atoms with van der Waals surface area (Å²) in [6.07, 6.45) is 1.94. The smallest absolute Gasteiger partial charge is 0.0794 e. The average molecular weight is 261 g/mol. The third kappa shape index (κ3) is 3.31. The van der Waals surface area contributed by atoms with E-state index in [4.69, 9.17) is 5.73 Å². The highest BCUT2D eigenvalue weighted by Gasteiger charge is 2.12. The van der Waals surface area contributed by atoms with Gasteiger partial charge in [0.1, 0.15) is 0 Å². The van der Waals surface area contributed by atoms with Crippen LogP contribution in [0.2, 0.25) is 0 Å². The van der Waals surface area contributed by atoms with Gasteiger partial charge in [0.2, 0.25) is 0 Å². The van der Waals surface area contributed by atoms with Crippen molar-refractivity contribution in [2.75, 3.05) is 5.73 Å². The van der Waals surface area contributed by atoms with Gasteiger partial charge in [0.15, 0.2) is 0 Å². The number of benzene rings is 1. The SMILES string of the molecule is CC(C)N(Cc1cncs1)Cc1ccccc1N. The van der Waals surface area contributed by atoms with Crippen LogP contribution >= 0.6 is 11.3 Å². The third-order valence-corrected chi connectivity index (χ3v) is 3.77. The Morgan fingerprint density at radius 1 is 1.28 bits per heavy atom. The Balaban J connectivity index is 2.09. The Hall–Kier alpha value is -1.39. The standard InChI is InChI=1S/C14H19N3S/c1-11(2)17(9-13-7-16-10-18-13)8-12-5-3-4-6-14(12)15/h3-7,10-11H,8-9,15H2,1-2H3. The summed E-state index contributed by atoms with van der Waals surface area (Å²) in [7, 11) is 0. The van der Waals surface area contributed by atoms with Crippen molar-refractivity contribution < 1.29 is 0 Å². The molecule has 2 rings (SSSR count). The zero-order chi connectivity index (χ0) is 13.0. The molecule has 0 aliphatic carbocycles. The molecule has 0 aliphatic rings. The summed E-state index contributed by atoms with van der Waals surface area (Å²) in [5.41, 5.74) is 9.94. The Morgan fingerprint density at radius 3 is 2.67 bits per heavy atom. The van der Waals surface area contributed by atoms with E-state index in [0.29, 0.717) is 6.04 Å². The quantitative estimate of drug-likeness (QED) is 0.841. The molecule has 1 heterocycles. The van der Waals surface area contributed by atoms with E-state index in [1.807, 2.05) is 29.9 Å². The molecule has 0 saturated heterocycles. The summed E-state index contributed by atoms with van der Waals surface area (Å²) < 4.78 is 0. The first kappa shape index (κ1) is 13.1. The van der Waals surface area contributed by atoms with Crippen molar-refractivity contribution in [3.63, 3.8) is 0 Å². The van der Waals surface area contributed by atoms with Crippen LogP contribution in [0.5, 0.6) is 0 Å². The van der Waals surface area contributed by atoms with Crippen LogP contribution in [-0.4, -0.2) is 15.9 Å².